The highest BCUT2D eigenvalue weighted by molar-refractivity contribution is 6.36. The van der Waals surface area contributed by atoms with Crippen molar-refractivity contribution >= 4 is 52.4 Å². The Bertz CT molecular complexity index is 880. The average Bonchev–Trinajstić information content (AvgIpc) is 2.59. The molecule has 0 unspecified atom stereocenters. The standard InChI is InChI=1S/C20H20Cl2N2O4/c1-12-7-13(2)9-15(8-12)23-19(26)11-28-20(27)6-5-18(25)24-17-4-3-14(21)10-16(17)22/h3-4,7-10H,5-6,11H2,1-2H3,(H,23,26)(H,24,25). The average molecular weight is 423 g/mol. The van der Waals surface area contributed by atoms with Crippen LogP contribution in [0.5, 0.6) is 0 Å². The number of hydrogen-bond donors (Lipinski definition) is 2. The summed E-state index contributed by atoms with van der Waals surface area (Å²) in [5, 5.41) is 6.00. The van der Waals surface area contributed by atoms with E-state index in [-0.39, 0.29) is 12.8 Å². The number of carbonyl (C=O) groups excluding carboxylic acids is 3. The number of hydrogen-bond acceptors (Lipinski definition) is 4. The Kier molecular flexibility index (Phi) is 7.84. The van der Waals surface area contributed by atoms with E-state index in [1.54, 1.807) is 12.1 Å². The van der Waals surface area contributed by atoms with E-state index in [0.717, 1.165) is 11.1 Å². The normalized spacial score (nSPS) is 10.3. The van der Waals surface area contributed by atoms with Gasteiger partial charge in [-0.25, -0.2) is 0 Å². The summed E-state index contributed by atoms with van der Waals surface area (Å²) < 4.78 is 4.90. The second-order valence-corrected chi connectivity index (χ2v) is 7.10. The molecule has 28 heavy (non-hydrogen) atoms. The molecule has 0 saturated heterocycles. The first-order valence-corrected chi connectivity index (χ1v) is 9.27. The zero-order valence-corrected chi connectivity index (χ0v) is 17.0. The quantitative estimate of drug-likeness (QED) is 0.642. The molecule has 0 fully saturated rings. The highest BCUT2D eigenvalue weighted by Crippen LogP contribution is 2.25. The lowest BCUT2D eigenvalue weighted by Gasteiger charge is -2.09. The lowest BCUT2D eigenvalue weighted by atomic mass is 10.1. The van der Waals surface area contributed by atoms with Gasteiger partial charge in [-0.2, -0.15) is 0 Å². The van der Waals surface area contributed by atoms with Gasteiger partial charge in [-0.05, 0) is 55.3 Å². The fraction of sp³-hybridized carbons (Fsp3) is 0.250. The van der Waals surface area contributed by atoms with Crippen LogP contribution in [-0.2, 0) is 19.1 Å². The highest BCUT2D eigenvalue weighted by Gasteiger charge is 2.12. The smallest absolute Gasteiger partial charge is 0.306 e. The van der Waals surface area contributed by atoms with Gasteiger partial charge in [0, 0.05) is 17.1 Å². The number of carbonyl (C=O) groups is 3. The zero-order chi connectivity index (χ0) is 20.7. The lowest BCUT2D eigenvalue weighted by Crippen LogP contribution is -2.22. The molecule has 0 spiro atoms. The molecular weight excluding hydrogens is 403 g/mol. The summed E-state index contributed by atoms with van der Waals surface area (Å²) in [6.07, 6.45) is -0.260. The van der Waals surface area contributed by atoms with Gasteiger partial charge in [0.2, 0.25) is 5.91 Å². The number of esters is 1. The molecule has 0 aromatic heterocycles. The van der Waals surface area contributed by atoms with Gasteiger partial charge in [-0.1, -0.05) is 29.3 Å². The third-order valence-electron chi connectivity index (χ3n) is 3.63. The van der Waals surface area contributed by atoms with Crippen molar-refractivity contribution in [2.75, 3.05) is 17.2 Å². The van der Waals surface area contributed by atoms with Crippen LogP contribution in [-0.4, -0.2) is 24.4 Å². The van der Waals surface area contributed by atoms with Gasteiger partial charge in [0.1, 0.15) is 0 Å². The minimum atomic E-state index is -0.645. The minimum Gasteiger partial charge on any atom is -0.456 e. The van der Waals surface area contributed by atoms with E-state index >= 15 is 0 Å². The zero-order valence-electron chi connectivity index (χ0n) is 15.5. The van der Waals surface area contributed by atoms with Crippen LogP contribution in [0.4, 0.5) is 11.4 Å². The number of nitrogens with one attached hydrogen (secondary N) is 2. The van der Waals surface area contributed by atoms with E-state index in [2.05, 4.69) is 10.6 Å². The Hall–Kier alpha value is -2.57. The first-order chi connectivity index (χ1) is 13.2. The molecule has 2 rings (SSSR count). The van der Waals surface area contributed by atoms with Crippen molar-refractivity contribution in [2.45, 2.75) is 26.7 Å². The largest absolute Gasteiger partial charge is 0.456 e. The van der Waals surface area contributed by atoms with Gasteiger partial charge in [0.05, 0.1) is 17.1 Å². The Labute approximate surface area is 173 Å². The number of aryl methyl sites for hydroxylation is 2. The van der Waals surface area contributed by atoms with Crippen molar-refractivity contribution in [1.29, 1.82) is 0 Å². The van der Waals surface area contributed by atoms with Crippen molar-refractivity contribution in [1.82, 2.24) is 0 Å². The number of amides is 2. The third-order valence-corrected chi connectivity index (χ3v) is 4.18. The maximum Gasteiger partial charge on any atom is 0.306 e. The van der Waals surface area contributed by atoms with Crippen molar-refractivity contribution in [2.24, 2.45) is 0 Å². The molecule has 0 saturated carbocycles. The Morgan fingerprint density at radius 2 is 1.57 bits per heavy atom. The van der Waals surface area contributed by atoms with Crippen LogP contribution in [0.2, 0.25) is 10.0 Å². The SMILES string of the molecule is Cc1cc(C)cc(NC(=O)COC(=O)CCC(=O)Nc2ccc(Cl)cc2Cl)c1. The number of benzene rings is 2. The predicted molar refractivity (Wildman–Crippen MR) is 110 cm³/mol. The van der Waals surface area contributed by atoms with Gasteiger partial charge >= 0.3 is 5.97 Å². The van der Waals surface area contributed by atoms with Crippen molar-refractivity contribution in [3.63, 3.8) is 0 Å². The van der Waals surface area contributed by atoms with E-state index in [1.807, 2.05) is 32.0 Å². The fourth-order valence-corrected chi connectivity index (χ4v) is 2.94. The van der Waals surface area contributed by atoms with Crippen LogP contribution >= 0.6 is 23.2 Å². The summed E-state index contributed by atoms with van der Waals surface area (Å²) in [5.74, 6) is -1.50. The Balaban J connectivity index is 1.73. The molecule has 0 aliphatic heterocycles. The molecule has 0 radical (unpaired) electrons. The fourth-order valence-electron chi connectivity index (χ4n) is 2.48. The second-order valence-electron chi connectivity index (χ2n) is 6.26. The number of ether oxygens (including phenoxy) is 1. The Morgan fingerprint density at radius 1 is 0.893 bits per heavy atom. The molecule has 6 nitrogen and oxygen atoms in total. The lowest BCUT2D eigenvalue weighted by molar-refractivity contribution is -0.147. The maximum atomic E-state index is 11.9. The molecule has 2 N–H and O–H groups in total. The first kappa shape index (κ1) is 21.7. The van der Waals surface area contributed by atoms with Gasteiger partial charge < -0.3 is 15.4 Å². The van der Waals surface area contributed by atoms with Crippen LogP contribution in [0.15, 0.2) is 36.4 Å². The van der Waals surface area contributed by atoms with Crippen LogP contribution in [0.3, 0.4) is 0 Å². The summed E-state index contributed by atoms with van der Waals surface area (Å²) in [4.78, 5) is 35.5. The topological polar surface area (TPSA) is 84.5 Å². The van der Waals surface area contributed by atoms with E-state index in [4.69, 9.17) is 27.9 Å². The number of anilines is 2. The van der Waals surface area contributed by atoms with Gasteiger partial charge in [0.15, 0.2) is 6.61 Å². The molecule has 8 heteroatoms. The highest BCUT2D eigenvalue weighted by atomic mass is 35.5. The van der Waals surface area contributed by atoms with Gasteiger partial charge in [0.25, 0.3) is 5.91 Å². The van der Waals surface area contributed by atoms with E-state index in [9.17, 15) is 14.4 Å². The minimum absolute atomic E-state index is 0.101. The van der Waals surface area contributed by atoms with Crippen molar-refractivity contribution < 1.29 is 19.1 Å². The monoisotopic (exact) mass is 422 g/mol. The van der Waals surface area contributed by atoms with E-state index in [1.165, 1.54) is 6.07 Å². The van der Waals surface area contributed by atoms with E-state index in [0.29, 0.717) is 21.4 Å². The molecule has 0 aliphatic rings. The van der Waals surface area contributed by atoms with Gasteiger partial charge in [-0.3, -0.25) is 14.4 Å². The van der Waals surface area contributed by atoms with E-state index < -0.39 is 24.4 Å². The van der Waals surface area contributed by atoms with Crippen molar-refractivity contribution in [3.05, 3.63) is 57.6 Å². The van der Waals surface area contributed by atoms with Gasteiger partial charge in [-0.15, -0.1) is 0 Å². The van der Waals surface area contributed by atoms with Crippen LogP contribution in [0.25, 0.3) is 0 Å². The first-order valence-electron chi connectivity index (χ1n) is 8.51. The molecule has 0 aliphatic carbocycles. The third kappa shape index (κ3) is 7.21. The van der Waals surface area contributed by atoms with Crippen LogP contribution < -0.4 is 10.6 Å². The molecular formula is C20H20Cl2N2O4. The summed E-state index contributed by atoms with van der Waals surface area (Å²) >= 11 is 11.8. The molecule has 0 heterocycles. The van der Waals surface area contributed by atoms with Crippen LogP contribution in [0.1, 0.15) is 24.0 Å². The summed E-state index contributed by atoms with van der Waals surface area (Å²) in [7, 11) is 0. The van der Waals surface area contributed by atoms with Crippen molar-refractivity contribution in [3.8, 4) is 0 Å². The molecule has 0 atom stereocenters. The second kappa shape index (κ2) is 10.1. The molecule has 2 aromatic carbocycles. The summed E-state index contributed by atoms with van der Waals surface area (Å²) in [6.45, 7) is 3.42. The maximum absolute atomic E-state index is 11.9. The number of rotatable bonds is 7. The molecule has 0 bridgehead atoms. The molecule has 2 amide bonds. The summed E-state index contributed by atoms with van der Waals surface area (Å²) in [6, 6.07) is 10.3. The molecule has 2 aromatic rings. The predicted octanol–water partition coefficient (Wildman–Crippen LogP) is 4.51. The number of halogens is 2. The molecule has 148 valence electrons. The summed E-state index contributed by atoms with van der Waals surface area (Å²) in [5.41, 5.74) is 3.06. The Morgan fingerprint density at radius 3 is 2.21 bits per heavy atom. The van der Waals surface area contributed by atoms with Crippen LogP contribution in [0, 0.1) is 13.8 Å².